The molecule has 0 spiro atoms. The lowest BCUT2D eigenvalue weighted by atomic mass is 10.2. The summed E-state index contributed by atoms with van der Waals surface area (Å²) in [7, 11) is 1.65. The molecule has 0 aliphatic carbocycles. The number of benzene rings is 1. The van der Waals surface area contributed by atoms with Crippen molar-refractivity contribution in [2.45, 2.75) is 19.4 Å². The molecule has 1 amide bonds. The Morgan fingerprint density at radius 3 is 2.73 bits per heavy atom. The summed E-state index contributed by atoms with van der Waals surface area (Å²) in [5.74, 6) is -0.467. The molecule has 2 heterocycles. The Labute approximate surface area is 127 Å². The van der Waals surface area contributed by atoms with Gasteiger partial charge in [-0.05, 0) is 37.6 Å². The van der Waals surface area contributed by atoms with Gasteiger partial charge in [-0.15, -0.1) is 5.10 Å². The van der Waals surface area contributed by atoms with Gasteiger partial charge in [0.2, 0.25) is 0 Å². The lowest BCUT2D eigenvalue weighted by molar-refractivity contribution is 0.0718. The van der Waals surface area contributed by atoms with Crippen LogP contribution in [0.25, 0.3) is 5.69 Å². The van der Waals surface area contributed by atoms with Gasteiger partial charge in [0, 0.05) is 20.2 Å². The second-order valence-corrected chi connectivity index (χ2v) is 5.31. The lowest BCUT2D eigenvalue weighted by Gasteiger charge is -2.14. The molecule has 116 valence electrons. The summed E-state index contributed by atoms with van der Waals surface area (Å²) in [4.78, 5) is 14.2. The van der Waals surface area contributed by atoms with Crippen molar-refractivity contribution in [3.8, 4) is 5.69 Å². The highest BCUT2D eigenvalue weighted by Crippen LogP contribution is 2.18. The highest BCUT2D eigenvalue weighted by molar-refractivity contribution is 5.93. The van der Waals surface area contributed by atoms with E-state index in [9.17, 15) is 9.18 Å². The predicted octanol–water partition coefficient (Wildman–Crippen LogP) is 1.58. The third-order valence-electron chi connectivity index (χ3n) is 3.93. The number of carbonyl (C=O) groups excluding carboxylic acids is 1. The molecule has 0 radical (unpaired) electrons. The van der Waals surface area contributed by atoms with E-state index in [1.807, 2.05) is 0 Å². The molecule has 1 saturated heterocycles. The van der Waals surface area contributed by atoms with Crippen LogP contribution in [0.3, 0.4) is 0 Å². The Morgan fingerprint density at radius 1 is 1.36 bits per heavy atom. The molecule has 7 heteroatoms. The second kappa shape index (κ2) is 5.84. The minimum atomic E-state index is -0.319. The topological polar surface area (TPSA) is 60.2 Å². The number of amides is 1. The maximum atomic E-state index is 13.0. The average molecular weight is 304 g/mol. The van der Waals surface area contributed by atoms with Gasteiger partial charge < -0.3 is 9.64 Å². The first kappa shape index (κ1) is 14.6. The third-order valence-corrected chi connectivity index (χ3v) is 3.93. The number of aromatic nitrogens is 3. The van der Waals surface area contributed by atoms with Crippen LogP contribution < -0.4 is 0 Å². The summed E-state index contributed by atoms with van der Waals surface area (Å²) >= 11 is 0. The SMILES string of the molecule is CO[C@@H]1CCN(C(=O)c2nnn(-c3ccc(F)cc3)c2C)C1. The number of ether oxygens (including phenoxy) is 1. The van der Waals surface area contributed by atoms with Gasteiger partial charge in [-0.2, -0.15) is 0 Å². The van der Waals surface area contributed by atoms with Gasteiger partial charge in [0.05, 0.1) is 17.5 Å². The van der Waals surface area contributed by atoms with Crippen molar-refractivity contribution >= 4 is 5.91 Å². The van der Waals surface area contributed by atoms with E-state index in [4.69, 9.17) is 4.74 Å². The maximum Gasteiger partial charge on any atom is 0.276 e. The first-order valence-electron chi connectivity index (χ1n) is 7.10. The van der Waals surface area contributed by atoms with E-state index in [2.05, 4.69) is 10.3 Å². The van der Waals surface area contributed by atoms with E-state index in [0.29, 0.717) is 30.2 Å². The van der Waals surface area contributed by atoms with E-state index in [-0.39, 0.29) is 17.8 Å². The number of hydrogen-bond donors (Lipinski definition) is 0. The quantitative estimate of drug-likeness (QED) is 0.864. The van der Waals surface area contributed by atoms with Gasteiger partial charge in [0.15, 0.2) is 5.69 Å². The van der Waals surface area contributed by atoms with E-state index < -0.39 is 0 Å². The Kier molecular flexibility index (Phi) is 3.89. The predicted molar refractivity (Wildman–Crippen MR) is 77.4 cm³/mol. The van der Waals surface area contributed by atoms with Crippen molar-refractivity contribution in [1.82, 2.24) is 19.9 Å². The second-order valence-electron chi connectivity index (χ2n) is 5.31. The fourth-order valence-electron chi connectivity index (χ4n) is 2.61. The molecule has 0 unspecified atom stereocenters. The van der Waals surface area contributed by atoms with Crippen LogP contribution >= 0.6 is 0 Å². The molecule has 6 nitrogen and oxygen atoms in total. The van der Waals surface area contributed by atoms with Crippen molar-refractivity contribution in [3.63, 3.8) is 0 Å². The summed E-state index contributed by atoms with van der Waals surface area (Å²) in [5.41, 5.74) is 1.63. The first-order valence-corrected chi connectivity index (χ1v) is 7.10. The molecule has 0 N–H and O–H groups in total. The molecule has 1 fully saturated rings. The van der Waals surface area contributed by atoms with Gasteiger partial charge in [0.1, 0.15) is 5.82 Å². The summed E-state index contributed by atoms with van der Waals surface area (Å²) < 4.78 is 19.8. The van der Waals surface area contributed by atoms with Crippen LogP contribution in [0.5, 0.6) is 0 Å². The number of carbonyl (C=O) groups is 1. The smallest absolute Gasteiger partial charge is 0.276 e. The van der Waals surface area contributed by atoms with Crippen molar-refractivity contribution in [2.24, 2.45) is 0 Å². The molecule has 1 aliphatic heterocycles. The molecule has 1 aromatic carbocycles. The van der Waals surface area contributed by atoms with Crippen molar-refractivity contribution in [1.29, 1.82) is 0 Å². The van der Waals surface area contributed by atoms with Crippen LogP contribution in [0.2, 0.25) is 0 Å². The van der Waals surface area contributed by atoms with E-state index in [0.717, 1.165) is 6.42 Å². The largest absolute Gasteiger partial charge is 0.380 e. The Balaban J connectivity index is 1.84. The number of likely N-dealkylation sites (tertiary alicyclic amines) is 1. The number of rotatable bonds is 3. The zero-order chi connectivity index (χ0) is 15.7. The molecule has 1 aliphatic rings. The van der Waals surface area contributed by atoms with Crippen LogP contribution in [0, 0.1) is 12.7 Å². The normalized spacial score (nSPS) is 18.0. The average Bonchev–Trinajstić information content (AvgIpc) is 3.14. The summed E-state index contributed by atoms with van der Waals surface area (Å²) in [5, 5.41) is 8.01. The number of methoxy groups -OCH3 is 1. The zero-order valence-electron chi connectivity index (χ0n) is 12.5. The highest BCUT2D eigenvalue weighted by Gasteiger charge is 2.29. The van der Waals surface area contributed by atoms with E-state index in [1.54, 1.807) is 31.1 Å². The summed E-state index contributed by atoms with van der Waals surface area (Å²) in [6.07, 6.45) is 0.907. The molecule has 1 aromatic heterocycles. The molecule has 0 bridgehead atoms. The van der Waals surface area contributed by atoms with Crippen LogP contribution in [0.4, 0.5) is 4.39 Å². The van der Waals surface area contributed by atoms with Crippen molar-refractivity contribution < 1.29 is 13.9 Å². The van der Waals surface area contributed by atoms with Gasteiger partial charge >= 0.3 is 0 Å². The van der Waals surface area contributed by atoms with Crippen LogP contribution in [0.1, 0.15) is 22.6 Å². The zero-order valence-corrected chi connectivity index (χ0v) is 12.5. The van der Waals surface area contributed by atoms with E-state index in [1.165, 1.54) is 16.8 Å². The van der Waals surface area contributed by atoms with Gasteiger partial charge in [-0.25, -0.2) is 9.07 Å². The fourth-order valence-corrected chi connectivity index (χ4v) is 2.61. The minimum absolute atomic E-state index is 0.0800. The summed E-state index contributed by atoms with van der Waals surface area (Å²) in [6.45, 7) is 3.00. The molecule has 1 atom stereocenters. The molecule has 2 aromatic rings. The van der Waals surface area contributed by atoms with Crippen LogP contribution in [-0.2, 0) is 4.74 Å². The maximum absolute atomic E-state index is 13.0. The third kappa shape index (κ3) is 2.59. The van der Waals surface area contributed by atoms with Crippen molar-refractivity contribution in [3.05, 3.63) is 41.5 Å². The lowest BCUT2D eigenvalue weighted by Crippen LogP contribution is -2.30. The van der Waals surface area contributed by atoms with E-state index >= 15 is 0 Å². The molecular formula is C15H17FN4O2. The summed E-state index contributed by atoms with van der Waals surface area (Å²) in [6, 6.07) is 5.90. The Bertz CT molecular complexity index is 683. The minimum Gasteiger partial charge on any atom is -0.380 e. The van der Waals surface area contributed by atoms with Crippen LogP contribution in [0.15, 0.2) is 24.3 Å². The van der Waals surface area contributed by atoms with Gasteiger partial charge in [-0.1, -0.05) is 5.21 Å². The van der Waals surface area contributed by atoms with Gasteiger partial charge in [-0.3, -0.25) is 4.79 Å². The number of halogens is 1. The molecule has 22 heavy (non-hydrogen) atoms. The highest BCUT2D eigenvalue weighted by atomic mass is 19.1. The number of hydrogen-bond acceptors (Lipinski definition) is 4. The Morgan fingerprint density at radius 2 is 2.09 bits per heavy atom. The monoisotopic (exact) mass is 304 g/mol. The van der Waals surface area contributed by atoms with Crippen molar-refractivity contribution in [2.75, 3.05) is 20.2 Å². The molecular weight excluding hydrogens is 287 g/mol. The van der Waals surface area contributed by atoms with Gasteiger partial charge in [0.25, 0.3) is 5.91 Å². The Hall–Kier alpha value is -2.28. The molecule has 0 saturated carbocycles. The first-order chi connectivity index (χ1) is 10.6. The molecule has 3 rings (SSSR count). The van der Waals surface area contributed by atoms with Crippen LogP contribution in [-0.4, -0.2) is 52.1 Å². The fraction of sp³-hybridized carbons (Fsp3) is 0.400. The standard InChI is InChI=1S/C15H17FN4O2/c1-10-14(15(21)19-8-7-13(9-19)22-2)17-18-20(10)12-5-3-11(16)4-6-12/h3-6,13H,7-9H2,1-2H3/t13-/m1/s1. The number of nitrogens with zero attached hydrogens (tertiary/aromatic N) is 4.